The largest absolute Gasteiger partial charge is 0.343 e. The van der Waals surface area contributed by atoms with Crippen molar-refractivity contribution < 1.29 is 0 Å². The summed E-state index contributed by atoms with van der Waals surface area (Å²) in [7, 11) is 0. The minimum absolute atomic E-state index is 0.370. The van der Waals surface area contributed by atoms with Gasteiger partial charge in [0, 0.05) is 21.8 Å². The molecule has 0 atom stereocenters. The van der Waals surface area contributed by atoms with E-state index in [9.17, 15) is 0 Å². The second kappa shape index (κ2) is 5.21. The molecule has 18 heavy (non-hydrogen) atoms. The first-order valence-electron chi connectivity index (χ1n) is 5.86. The van der Waals surface area contributed by atoms with Crippen LogP contribution in [-0.2, 0) is 0 Å². The molecule has 0 bridgehead atoms. The smallest absolute Gasteiger partial charge is 0.139 e. The lowest BCUT2D eigenvalue weighted by atomic mass is 10.0. The fourth-order valence-electron chi connectivity index (χ4n) is 2.05. The van der Waals surface area contributed by atoms with Crippen molar-refractivity contribution in [2.45, 2.75) is 26.7 Å². The molecule has 0 saturated heterocycles. The summed E-state index contributed by atoms with van der Waals surface area (Å²) in [5.41, 5.74) is 3.13. The molecule has 2 nitrogen and oxygen atoms in total. The van der Waals surface area contributed by atoms with Crippen LogP contribution in [0.2, 0.25) is 5.02 Å². The Hall–Kier alpha value is -1.19. The zero-order valence-corrected chi connectivity index (χ0v) is 12.2. The van der Waals surface area contributed by atoms with E-state index in [1.165, 1.54) is 0 Å². The summed E-state index contributed by atoms with van der Waals surface area (Å²) in [6.45, 7) is 6.26. The number of benzene rings is 1. The Morgan fingerprint density at radius 2 is 2.06 bits per heavy atom. The minimum Gasteiger partial charge on any atom is -0.343 e. The van der Waals surface area contributed by atoms with Gasteiger partial charge in [-0.25, -0.2) is 4.98 Å². The van der Waals surface area contributed by atoms with Crippen molar-refractivity contribution >= 4 is 23.8 Å². The van der Waals surface area contributed by atoms with Crippen molar-refractivity contribution in [3.63, 3.8) is 0 Å². The van der Waals surface area contributed by atoms with Gasteiger partial charge in [-0.3, -0.25) is 0 Å². The van der Waals surface area contributed by atoms with Crippen molar-refractivity contribution in [3.8, 4) is 11.4 Å². The Balaban J connectivity index is 2.59. The van der Waals surface area contributed by atoms with Crippen molar-refractivity contribution in [1.29, 1.82) is 0 Å². The van der Waals surface area contributed by atoms with Gasteiger partial charge in [0.15, 0.2) is 0 Å². The van der Waals surface area contributed by atoms with Crippen molar-refractivity contribution in [2.24, 2.45) is 0 Å². The molecule has 0 spiro atoms. The SMILES string of the molecule is Cc1[nH]c(-c2cccc(Cl)c2)nc(=S)c1C(C)C. The monoisotopic (exact) mass is 278 g/mol. The summed E-state index contributed by atoms with van der Waals surface area (Å²) < 4.78 is 0.663. The van der Waals surface area contributed by atoms with Crippen LogP contribution in [0, 0.1) is 11.6 Å². The summed E-state index contributed by atoms with van der Waals surface area (Å²) in [6.07, 6.45) is 0. The lowest BCUT2D eigenvalue weighted by molar-refractivity contribution is 0.825. The van der Waals surface area contributed by atoms with Gasteiger partial charge in [-0.05, 0) is 25.0 Å². The molecule has 0 aliphatic rings. The van der Waals surface area contributed by atoms with Gasteiger partial charge in [0.05, 0.1) is 0 Å². The Morgan fingerprint density at radius 3 is 2.61 bits per heavy atom. The predicted octanol–water partition coefficient (Wildman–Crippen LogP) is 4.89. The van der Waals surface area contributed by atoms with Crippen LogP contribution >= 0.6 is 23.8 Å². The number of halogens is 1. The standard InChI is InChI=1S/C14H15ClN2S/c1-8(2)12-9(3)16-13(17-14(12)18)10-5-4-6-11(15)7-10/h4-8H,1-3H3,(H,16,17,18). The van der Waals surface area contributed by atoms with E-state index in [1.807, 2.05) is 31.2 Å². The number of hydrogen-bond acceptors (Lipinski definition) is 2. The quantitative estimate of drug-likeness (QED) is 0.792. The van der Waals surface area contributed by atoms with Gasteiger partial charge in [-0.1, -0.05) is 49.8 Å². The number of nitrogens with zero attached hydrogens (tertiary/aromatic N) is 1. The minimum atomic E-state index is 0.370. The van der Waals surface area contributed by atoms with E-state index in [4.69, 9.17) is 23.8 Å². The van der Waals surface area contributed by atoms with Crippen LogP contribution in [0.4, 0.5) is 0 Å². The van der Waals surface area contributed by atoms with Gasteiger partial charge in [-0.15, -0.1) is 0 Å². The normalized spacial score (nSPS) is 10.9. The number of aromatic nitrogens is 2. The first-order chi connectivity index (χ1) is 8.49. The molecule has 0 aliphatic carbocycles. The van der Waals surface area contributed by atoms with Gasteiger partial charge >= 0.3 is 0 Å². The molecule has 1 heterocycles. The molecule has 1 aromatic carbocycles. The van der Waals surface area contributed by atoms with Crippen LogP contribution < -0.4 is 0 Å². The number of H-pyrrole nitrogens is 1. The molecule has 94 valence electrons. The van der Waals surface area contributed by atoms with Gasteiger partial charge in [0.2, 0.25) is 0 Å². The molecule has 2 aromatic rings. The maximum atomic E-state index is 5.99. The molecule has 2 rings (SSSR count). The second-order valence-electron chi connectivity index (χ2n) is 4.59. The van der Waals surface area contributed by atoms with Crippen LogP contribution in [0.25, 0.3) is 11.4 Å². The van der Waals surface area contributed by atoms with Crippen LogP contribution in [0.3, 0.4) is 0 Å². The third-order valence-corrected chi connectivity index (χ3v) is 3.38. The van der Waals surface area contributed by atoms with E-state index in [2.05, 4.69) is 23.8 Å². The number of rotatable bonds is 2. The summed E-state index contributed by atoms with van der Waals surface area (Å²) in [5.74, 6) is 1.14. The highest BCUT2D eigenvalue weighted by molar-refractivity contribution is 7.71. The van der Waals surface area contributed by atoms with Crippen molar-refractivity contribution in [1.82, 2.24) is 9.97 Å². The lowest BCUT2D eigenvalue weighted by Gasteiger charge is -2.11. The highest BCUT2D eigenvalue weighted by Crippen LogP contribution is 2.23. The van der Waals surface area contributed by atoms with E-state index >= 15 is 0 Å². The summed E-state index contributed by atoms with van der Waals surface area (Å²) >= 11 is 11.4. The number of aryl methyl sites for hydroxylation is 1. The van der Waals surface area contributed by atoms with E-state index in [-0.39, 0.29) is 0 Å². The van der Waals surface area contributed by atoms with Crippen LogP contribution in [0.5, 0.6) is 0 Å². The van der Waals surface area contributed by atoms with Crippen molar-refractivity contribution in [2.75, 3.05) is 0 Å². The molecular weight excluding hydrogens is 264 g/mol. The molecule has 0 aliphatic heterocycles. The van der Waals surface area contributed by atoms with E-state index < -0.39 is 0 Å². The third kappa shape index (κ3) is 2.62. The lowest BCUT2D eigenvalue weighted by Crippen LogP contribution is -2.01. The fraction of sp³-hybridized carbons (Fsp3) is 0.286. The van der Waals surface area contributed by atoms with Crippen molar-refractivity contribution in [3.05, 3.63) is 45.2 Å². The van der Waals surface area contributed by atoms with E-state index in [1.54, 1.807) is 0 Å². The summed E-state index contributed by atoms with van der Waals surface area (Å²) in [5, 5.41) is 0.694. The second-order valence-corrected chi connectivity index (χ2v) is 5.42. The molecule has 4 heteroatoms. The Morgan fingerprint density at radius 1 is 1.33 bits per heavy atom. The highest BCUT2D eigenvalue weighted by atomic mass is 35.5. The number of aromatic amines is 1. The summed E-state index contributed by atoms with van der Waals surface area (Å²) in [6, 6.07) is 7.59. The van der Waals surface area contributed by atoms with Gasteiger partial charge < -0.3 is 4.98 Å². The number of hydrogen-bond donors (Lipinski definition) is 1. The summed E-state index contributed by atoms with van der Waals surface area (Å²) in [4.78, 5) is 7.77. The zero-order chi connectivity index (χ0) is 13.3. The van der Waals surface area contributed by atoms with Gasteiger partial charge in [0.1, 0.15) is 10.5 Å². The Labute approximate surface area is 117 Å². The maximum absolute atomic E-state index is 5.99. The van der Waals surface area contributed by atoms with Gasteiger partial charge in [-0.2, -0.15) is 0 Å². The maximum Gasteiger partial charge on any atom is 0.139 e. The first-order valence-corrected chi connectivity index (χ1v) is 6.64. The number of nitrogens with one attached hydrogen (secondary N) is 1. The third-order valence-electron chi connectivity index (χ3n) is 2.83. The first kappa shape index (κ1) is 13.2. The van der Waals surface area contributed by atoms with Crippen LogP contribution in [0.15, 0.2) is 24.3 Å². The fourth-order valence-corrected chi connectivity index (χ4v) is 2.72. The molecular formula is C14H15ClN2S. The molecule has 0 unspecified atom stereocenters. The predicted molar refractivity (Wildman–Crippen MR) is 78.7 cm³/mol. The molecule has 0 radical (unpaired) electrons. The van der Waals surface area contributed by atoms with Gasteiger partial charge in [0.25, 0.3) is 0 Å². The molecule has 1 aromatic heterocycles. The van der Waals surface area contributed by atoms with Crippen LogP contribution in [-0.4, -0.2) is 9.97 Å². The molecule has 0 saturated carbocycles. The Kier molecular flexibility index (Phi) is 3.83. The zero-order valence-electron chi connectivity index (χ0n) is 10.6. The molecule has 0 fully saturated rings. The topological polar surface area (TPSA) is 28.7 Å². The molecule has 0 amide bonds. The van der Waals surface area contributed by atoms with E-state index in [0.29, 0.717) is 15.6 Å². The average Bonchev–Trinajstić information content (AvgIpc) is 2.27. The Bertz CT molecular complexity index is 632. The molecule has 1 N–H and O–H groups in total. The van der Waals surface area contributed by atoms with Crippen LogP contribution in [0.1, 0.15) is 31.0 Å². The average molecular weight is 279 g/mol. The highest BCUT2D eigenvalue weighted by Gasteiger charge is 2.10. The van der Waals surface area contributed by atoms with E-state index in [0.717, 1.165) is 22.6 Å².